The fourth-order valence-corrected chi connectivity index (χ4v) is 1.63. The first-order valence-electron chi connectivity index (χ1n) is 6.37. The van der Waals surface area contributed by atoms with Gasteiger partial charge in [0.15, 0.2) is 0 Å². The quantitative estimate of drug-likeness (QED) is 0.578. The molecule has 0 spiro atoms. The minimum absolute atomic E-state index is 0.316. The van der Waals surface area contributed by atoms with E-state index in [0.29, 0.717) is 13.2 Å². The van der Waals surface area contributed by atoms with Gasteiger partial charge in [-0.3, -0.25) is 5.32 Å². The van der Waals surface area contributed by atoms with Crippen molar-refractivity contribution in [3.05, 3.63) is 42.5 Å². The molecule has 1 aromatic carbocycles. The van der Waals surface area contributed by atoms with Crippen molar-refractivity contribution in [2.45, 2.75) is 19.4 Å². The van der Waals surface area contributed by atoms with Gasteiger partial charge in [-0.25, -0.2) is 4.79 Å². The third kappa shape index (κ3) is 4.75. The highest BCUT2D eigenvalue weighted by Crippen LogP contribution is 2.19. The highest BCUT2D eigenvalue weighted by Gasteiger charge is 2.20. The molecule has 0 bridgehead atoms. The van der Waals surface area contributed by atoms with E-state index in [1.54, 1.807) is 6.08 Å². The molecule has 0 aliphatic heterocycles. The molecule has 0 aliphatic carbocycles. The molecule has 0 aromatic heterocycles. The Balaban J connectivity index is 2.78. The van der Waals surface area contributed by atoms with E-state index >= 15 is 0 Å². The molecule has 0 saturated heterocycles. The molecule has 19 heavy (non-hydrogen) atoms. The topological polar surface area (TPSA) is 47.6 Å². The maximum absolute atomic E-state index is 11.7. The van der Waals surface area contributed by atoms with Gasteiger partial charge in [-0.1, -0.05) is 25.1 Å². The minimum Gasteiger partial charge on any atom is -0.494 e. The second kappa shape index (κ2) is 8.32. The van der Waals surface area contributed by atoms with Gasteiger partial charge in [-0.05, 0) is 24.1 Å². The summed E-state index contributed by atoms with van der Waals surface area (Å²) in [6.07, 6.45) is 2.67. The average Bonchev–Trinajstić information content (AvgIpc) is 2.46. The van der Waals surface area contributed by atoms with Gasteiger partial charge in [0.1, 0.15) is 11.8 Å². The molecule has 1 N–H and O–H groups in total. The zero-order valence-electron chi connectivity index (χ0n) is 11.5. The van der Waals surface area contributed by atoms with Gasteiger partial charge in [0.25, 0.3) is 0 Å². The van der Waals surface area contributed by atoms with Crippen LogP contribution >= 0.6 is 0 Å². The second-order valence-electron chi connectivity index (χ2n) is 4.07. The molecule has 0 heterocycles. The monoisotopic (exact) mass is 263 g/mol. The summed E-state index contributed by atoms with van der Waals surface area (Å²) in [5, 5.41) is 3.07. The summed E-state index contributed by atoms with van der Waals surface area (Å²) in [4.78, 5) is 11.7. The summed E-state index contributed by atoms with van der Waals surface area (Å²) >= 11 is 0. The van der Waals surface area contributed by atoms with Gasteiger partial charge in [0, 0.05) is 6.54 Å². The lowest BCUT2D eigenvalue weighted by molar-refractivity contribution is -0.143. The first-order valence-corrected chi connectivity index (χ1v) is 6.37. The van der Waals surface area contributed by atoms with Crippen LogP contribution in [0.3, 0.4) is 0 Å². The van der Waals surface area contributed by atoms with E-state index in [1.807, 2.05) is 24.3 Å². The zero-order valence-corrected chi connectivity index (χ0v) is 11.5. The van der Waals surface area contributed by atoms with Gasteiger partial charge in [-0.2, -0.15) is 0 Å². The smallest absolute Gasteiger partial charge is 0.327 e. The van der Waals surface area contributed by atoms with Gasteiger partial charge >= 0.3 is 5.97 Å². The van der Waals surface area contributed by atoms with Crippen LogP contribution in [0.2, 0.25) is 0 Å². The molecule has 1 rings (SSSR count). The number of hydrogen-bond acceptors (Lipinski definition) is 4. The van der Waals surface area contributed by atoms with Crippen LogP contribution in [0.15, 0.2) is 36.9 Å². The van der Waals surface area contributed by atoms with Crippen molar-refractivity contribution in [2.24, 2.45) is 0 Å². The number of rotatable bonds is 8. The van der Waals surface area contributed by atoms with Crippen LogP contribution in [-0.4, -0.2) is 26.2 Å². The summed E-state index contributed by atoms with van der Waals surface area (Å²) in [6, 6.07) is 6.96. The Hall–Kier alpha value is -1.81. The molecule has 104 valence electrons. The molecule has 0 fully saturated rings. The highest BCUT2D eigenvalue weighted by atomic mass is 16.5. The number of hydrogen-bond donors (Lipinski definition) is 1. The number of benzene rings is 1. The molecule has 4 nitrogen and oxygen atoms in total. The Labute approximate surface area is 114 Å². The summed E-state index contributed by atoms with van der Waals surface area (Å²) in [7, 11) is 1.38. The van der Waals surface area contributed by atoms with Crippen LogP contribution in [0.1, 0.15) is 24.9 Å². The first kappa shape index (κ1) is 15.2. The lowest BCUT2D eigenvalue weighted by atomic mass is 10.1. The minimum atomic E-state index is -0.483. The van der Waals surface area contributed by atoms with Crippen LogP contribution in [0.25, 0.3) is 0 Å². The summed E-state index contributed by atoms with van der Waals surface area (Å²) in [5.74, 6) is 0.488. The van der Waals surface area contributed by atoms with Crippen molar-refractivity contribution in [2.75, 3.05) is 20.3 Å². The number of methoxy groups -OCH3 is 1. The third-order valence-corrected chi connectivity index (χ3v) is 2.59. The Morgan fingerprint density at radius 1 is 1.42 bits per heavy atom. The van der Waals surface area contributed by atoms with Gasteiger partial charge < -0.3 is 9.47 Å². The molecular formula is C15H21NO3. The number of nitrogens with one attached hydrogen (secondary N) is 1. The van der Waals surface area contributed by atoms with Crippen molar-refractivity contribution in [3.8, 4) is 5.75 Å². The van der Waals surface area contributed by atoms with Crippen LogP contribution in [0.5, 0.6) is 5.75 Å². The van der Waals surface area contributed by atoms with Gasteiger partial charge in [0.2, 0.25) is 0 Å². The fraction of sp³-hybridized carbons (Fsp3) is 0.400. The first-order chi connectivity index (χ1) is 9.22. The van der Waals surface area contributed by atoms with Crippen LogP contribution in [0.4, 0.5) is 0 Å². The highest BCUT2D eigenvalue weighted by molar-refractivity contribution is 5.77. The largest absolute Gasteiger partial charge is 0.494 e. The summed E-state index contributed by atoms with van der Waals surface area (Å²) in [5.41, 5.74) is 0.845. The molecule has 0 radical (unpaired) electrons. The van der Waals surface area contributed by atoms with E-state index in [0.717, 1.165) is 17.7 Å². The lowest BCUT2D eigenvalue weighted by Crippen LogP contribution is -2.29. The van der Waals surface area contributed by atoms with Crippen molar-refractivity contribution < 1.29 is 14.3 Å². The van der Waals surface area contributed by atoms with E-state index in [2.05, 4.69) is 18.8 Å². The van der Waals surface area contributed by atoms with Crippen LogP contribution in [-0.2, 0) is 9.53 Å². The standard InChI is InChI=1S/C15H21NO3/c1-4-10-16-14(15(17)18-3)12-6-8-13(9-7-12)19-11-5-2/h4,6-9,14,16H,1,5,10-11H2,2-3H3. The molecule has 4 heteroatoms. The number of ether oxygens (including phenoxy) is 2. The van der Waals surface area contributed by atoms with E-state index in [-0.39, 0.29) is 5.97 Å². The Kier molecular flexibility index (Phi) is 6.68. The Morgan fingerprint density at radius 3 is 2.63 bits per heavy atom. The number of esters is 1. The Bertz CT molecular complexity index is 400. The fourth-order valence-electron chi connectivity index (χ4n) is 1.63. The van der Waals surface area contributed by atoms with Crippen molar-refractivity contribution >= 4 is 5.97 Å². The molecule has 1 unspecified atom stereocenters. The van der Waals surface area contributed by atoms with E-state index in [9.17, 15) is 4.79 Å². The Morgan fingerprint density at radius 2 is 2.11 bits per heavy atom. The number of carbonyl (C=O) groups is 1. The van der Waals surface area contributed by atoms with E-state index in [4.69, 9.17) is 9.47 Å². The normalized spacial score (nSPS) is 11.7. The summed E-state index contributed by atoms with van der Waals surface area (Å²) in [6.45, 7) is 6.91. The molecule has 0 saturated carbocycles. The second-order valence-corrected chi connectivity index (χ2v) is 4.07. The van der Waals surface area contributed by atoms with Crippen molar-refractivity contribution in [1.29, 1.82) is 0 Å². The molecule has 0 amide bonds. The molecule has 1 atom stereocenters. The average molecular weight is 263 g/mol. The van der Waals surface area contributed by atoms with E-state index < -0.39 is 6.04 Å². The number of carbonyl (C=O) groups excluding carboxylic acids is 1. The maximum atomic E-state index is 11.7. The molecular weight excluding hydrogens is 242 g/mol. The SMILES string of the molecule is C=CCNC(C(=O)OC)c1ccc(OCCC)cc1. The zero-order chi connectivity index (χ0) is 14.1. The van der Waals surface area contributed by atoms with Gasteiger partial charge in [-0.15, -0.1) is 6.58 Å². The third-order valence-electron chi connectivity index (χ3n) is 2.59. The van der Waals surface area contributed by atoms with Crippen molar-refractivity contribution in [3.63, 3.8) is 0 Å². The molecule has 1 aromatic rings. The van der Waals surface area contributed by atoms with Crippen molar-refractivity contribution in [1.82, 2.24) is 5.32 Å². The lowest BCUT2D eigenvalue weighted by Gasteiger charge is -2.16. The predicted molar refractivity (Wildman–Crippen MR) is 75.2 cm³/mol. The predicted octanol–water partition coefficient (Wildman–Crippen LogP) is 2.47. The van der Waals surface area contributed by atoms with Crippen LogP contribution in [0, 0.1) is 0 Å². The van der Waals surface area contributed by atoms with Crippen LogP contribution < -0.4 is 10.1 Å². The van der Waals surface area contributed by atoms with E-state index in [1.165, 1.54) is 7.11 Å². The summed E-state index contributed by atoms with van der Waals surface area (Å²) < 4.78 is 10.3. The van der Waals surface area contributed by atoms with Gasteiger partial charge in [0.05, 0.1) is 13.7 Å². The maximum Gasteiger partial charge on any atom is 0.327 e. The molecule has 0 aliphatic rings.